The fourth-order valence-corrected chi connectivity index (χ4v) is 2.34. The predicted molar refractivity (Wildman–Crippen MR) is 59.6 cm³/mol. The molecule has 2 amide bonds. The molecule has 2 aliphatic rings. The van der Waals surface area contributed by atoms with Gasteiger partial charge in [-0.25, -0.2) is 4.79 Å². The summed E-state index contributed by atoms with van der Waals surface area (Å²) in [4.78, 5) is 22.1. The Morgan fingerprint density at radius 2 is 2.24 bits per heavy atom. The van der Waals surface area contributed by atoms with Crippen LogP contribution in [0, 0.1) is 5.92 Å². The van der Waals surface area contributed by atoms with Crippen molar-refractivity contribution in [2.75, 3.05) is 6.54 Å². The van der Waals surface area contributed by atoms with Crippen molar-refractivity contribution in [2.24, 2.45) is 5.92 Å². The summed E-state index contributed by atoms with van der Waals surface area (Å²) in [6, 6.07) is -0.229. The molecule has 2 aliphatic heterocycles. The van der Waals surface area contributed by atoms with E-state index in [1.54, 1.807) is 6.92 Å². The first-order chi connectivity index (χ1) is 8.06. The average Bonchev–Trinajstić information content (AvgIpc) is 2.87. The summed E-state index contributed by atoms with van der Waals surface area (Å²) in [6.45, 7) is 1.70. The van der Waals surface area contributed by atoms with E-state index in [0.717, 1.165) is 19.3 Å². The molecule has 0 spiro atoms. The first kappa shape index (κ1) is 12.2. The van der Waals surface area contributed by atoms with Crippen LogP contribution in [0.3, 0.4) is 0 Å². The third-order valence-electron chi connectivity index (χ3n) is 3.41. The van der Waals surface area contributed by atoms with Crippen LogP contribution in [0.1, 0.15) is 26.2 Å². The molecule has 3 N–H and O–H groups in total. The zero-order chi connectivity index (χ0) is 12.4. The minimum Gasteiger partial charge on any atom is -0.481 e. The molecule has 0 aromatic carbocycles. The van der Waals surface area contributed by atoms with Gasteiger partial charge in [-0.05, 0) is 19.3 Å². The van der Waals surface area contributed by atoms with E-state index in [4.69, 9.17) is 9.84 Å². The molecule has 0 radical (unpaired) electrons. The molecule has 17 heavy (non-hydrogen) atoms. The van der Waals surface area contributed by atoms with E-state index < -0.39 is 11.9 Å². The Bertz CT molecular complexity index is 321. The van der Waals surface area contributed by atoms with Gasteiger partial charge in [-0.2, -0.15) is 0 Å². The minimum atomic E-state index is -0.909. The molecule has 0 aromatic rings. The number of carbonyl (C=O) groups excluding carboxylic acids is 1. The van der Waals surface area contributed by atoms with Crippen molar-refractivity contribution in [2.45, 2.75) is 44.4 Å². The number of rotatable bonds is 4. The van der Waals surface area contributed by atoms with E-state index in [9.17, 15) is 9.59 Å². The first-order valence-electron chi connectivity index (χ1n) is 5.99. The molecule has 4 unspecified atom stereocenters. The number of ether oxygens (including phenoxy) is 1. The first-order valence-corrected chi connectivity index (χ1v) is 5.99. The van der Waals surface area contributed by atoms with Gasteiger partial charge in [-0.1, -0.05) is 6.92 Å². The maximum atomic E-state index is 11.5. The van der Waals surface area contributed by atoms with Crippen LogP contribution in [-0.2, 0) is 9.53 Å². The molecule has 6 nitrogen and oxygen atoms in total. The topological polar surface area (TPSA) is 87.7 Å². The van der Waals surface area contributed by atoms with Gasteiger partial charge in [0.2, 0.25) is 0 Å². The number of carboxylic acid groups (broad SMARTS) is 1. The Morgan fingerprint density at radius 1 is 1.47 bits per heavy atom. The van der Waals surface area contributed by atoms with Gasteiger partial charge in [0.25, 0.3) is 0 Å². The molecular formula is C11H18N2O4. The van der Waals surface area contributed by atoms with E-state index in [-0.39, 0.29) is 24.7 Å². The van der Waals surface area contributed by atoms with Crippen molar-refractivity contribution in [1.29, 1.82) is 0 Å². The van der Waals surface area contributed by atoms with Gasteiger partial charge in [-0.3, -0.25) is 4.79 Å². The second-order valence-electron chi connectivity index (χ2n) is 4.81. The lowest BCUT2D eigenvalue weighted by Crippen LogP contribution is -2.47. The summed E-state index contributed by atoms with van der Waals surface area (Å²) in [5, 5.41) is 14.1. The van der Waals surface area contributed by atoms with Crippen LogP contribution in [0.15, 0.2) is 0 Å². The molecule has 0 aromatic heterocycles. The van der Waals surface area contributed by atoms with Crippen LogP contribution in [0.25, 0.3) is 0 Å². The Balaban J connectivity index is 1.69. The van der Waals surface area contributed by atoms with Crippen molar-refractivity contribution in [3.8, 4) is 0 Å². The number of aliphatic carboxylic acids is 1. The largest absolute Gasteiger partial charge is 0.481 e. The van der Waals surface area contributed by atoms with Crippen molar-refractivity contribution >= 4 is 12.0 Å². The maximum absolute atomic E-state index is 11.5. The monoisotopic (exact) mass is 242 g/mol. The predicted octanol–water partition coefficient (Wildman–Crippen LogP) is 0.326. The quantitative estimate of drug-likeness (QED) is 0.662. The Hall–Kier alpha value is -1.30. The van der Waals surface area contributed by atoms with Crippen LogP contribution in [0.5, 0.6) is 0 Å². The lowest BCUT2D eigenvalue weighted by Gasteiger charge is -2.20. The van der Waals surface area contributed by atoms with Gasteiger partial charge in [-0.15, -0.1) is 0 Å². The van der Waals surface area contributed by atoms with E-state index in [1.807, 2.05) is 0 Å². The van der Waals surface area contributed by atoms with Gasteiger partial charge >= 0.3 is 12.0 Å². The van der Waals surface area contributed by atoms with E-state index in [0.29, 0.717) is 6.10 Å². The van der Waals surface area contributed by atoms with Gasteiger partial charge in [0.1, 0.15) is 0 Å². The normalized spacial score (nSPS) is 32.2. The number of nitrogens with one attached hydrogen (secondary N) is 2. The SMILES string of the molecule is CC(CNC(=O)NC1CC2CCC1O2)C(=O)O. The number of urea groups is 1. The molecule has 2 bridgehead atoms. The fourth-order valence-electron chi connectivity index (χ4n) is 2.34. The zero-order valence-electron chi connectivity index (χ0n) is 9.81. The number of carboxylic acids is 1. The van der Waals surface area contributed by atoms with E-state index >= 15 is 0 Å². The summed E-state index contributed by atoms with van der Waals surface area (Å²) >= 11 is 0. The number of hydrogen-bond acceptors (Lipinski definition) is 3. The lowest BCUT2D eigenvalue weighted by molar-refractivity contribution is -0.140. The summed E-state index contributed by atoms with van der Waals surface area (Å²) in [5.74, 6) is -1.48. The molecule has 0 saturated carbocycles. The number of carbonyl (C=O) groups is 2. The minimum absolute atomic E-state index is 0.0777. The van der Waals surface area contributed by atoms with Gasteiger partial charge in [0.05, 0.1) is 24.2 Å². The summed E-state index contributed by atoms with van der Waals surface area (Å²) in [5.41, 5.74) is 0. The lowest BCUT2D eigenvalue weighted by atomic mass is 9.96. The highest BCUT2D eigenvalue weighted by molar-refractivity contribution is 5.76. The van der Waals surface area contributed by atoms with Crippen LogP contribution in [0.4, 0.5) is 4.79 Å². The van der Waals surface area contributed by atoms with Crippen LogP contribution in [-0.4, -0.2) is 41.9 Å². The molecule has 96 valence electrons. The smallest absolute Gasteiger partial charge is 0.315 e. The van der Waals surface area contributed by atoms with Crippen molar-refractivity contribution in [1.82, 2.24) is 10.6 Å². The van der Waals surface area contributed by atoms with Gasteiger partial charge in [0.15, 0.2) is 0 Å². The molecule has 0 aliphatic carbocycles. The molecule has 6 heteroatoms. The van der Waals surface area contributed by atoms with Crippen LogP contribution < -0.4 is 10.6 Å². The van der Waals surface area contributed by atoms with E-state index in [1.165, 1.54) is 0 Å². The highest BCUT2D eigenvalue weighted by Gasteiger charge is 2.41. The van der Waals surface area contributed by atoms with E-state index in [2.05, 4.69) is 10.6 Å². The zero-order valence-corrected chi connectivity index (χ0v) is 9.81. The summed E-state index contributed by atoms with van der Waals surface area (Å²) < 4.78 is 5.61. The molecule has 4 atom stereocenters. The van der Waals surface area contributed by atoms with Gasteiger partial charge < -0.3 is 20.5 Å². The Kier molecular flexibility index (Phi) is 3.51. The average molecular weight is 242 g/mol. The molecule has 2 rings (SSSR count). The van der Waals surface area contributed by atoms with Crippen molar-refractivity contribution in [3.05, 3.63) is 0 Å². The molecule has 2 saturated heterocycles. The molecular weight excluding hydrogens is 224 g/mol. The third-order valence-corrected chi connectivity index (χ3v) is 3.41. The highest BCUT2D eigenvalue weighted by atomic mass is 16.5. The van der Waals surface area contributed by atoms with Crippen molar-refractivity contribution < 1.29 is 19.4 Å². The second-order valence-corrected chi connectivity index (χ2v) is 4.81. The van der Waals surface area contributed by atoms with Crippen LogP contribution >= 0.6 is 0 Å². The van der Waals surface area contributed by atoms with Crippen LogP contribution in [0.2, 0.25) is 0 Å². The number of amides is 2. The number of fused-ring (bicyclic) bond motifs is 2. The van der Waals surface area contributed by atoms with Gasteiger partial charge in [0, 0.05) is 6.54 Å². The maximum Gasteiger partial charge on any atom is 0.315 e. The second kappa shape index (κ2) is 4.91. The summed E-state index contributed by atoms with van der Waals surface area (Å²) in [6.07, 6.45) is 3.39. The van der Waals surface area contributed by atoms with Crippen molar-refractivity contribution in [3.63, 3.8) is 0 Å². The number of hydrogen-bond donors (Lipinski definition) is 3. The Morgan fingerprint density at radius 3 is 2.76 bits per heavy atom. The standard InChI is InChI=1S/C11H18N2O4/c1-6(10(14)15)5-12-11(16)13-8-4-7-2-3-9(8)17-7/h6-9H,2-5H2,1H3,(H,14,15)(H2,12,13,16). The molecule has 2 heterocycles. The fraction of sp³-hybridized carbons (Fsp3) is 0.818. The summed E-state index contributed by atoms with van der Waals surface area (Å²) in [7, 11) is 0. The molecule has 2 fully saturated rings. The third kappa shape index (κ3) is 2.88. The highest BCUT2D eigenvalue weighted by Crippen LogP contribution is 2.34. The Labute approximate surface area is 99.7 Å².